The second kappa shape index (κ2) is 7.49. The second-order valence-corrected chi connectivity index (χ2v) is 7.13. The normalized spacial score (nSPS) is 16.0. The lowest BCUT2D eigenvalue weighted by molar-refractivity contribution is 0.0912. The monoisotopic (exact) mass is 407 g/mol. The number of likely N-dealkylation sites (tertiary alicyclic amines) is 1. The van der Waals surface area contributed by atoms with E-state index in [9.17, 15) is 14.0 Å². The minimum Gasteiger partial charge on any atom is -0.356 e. The van der Waals surface area contributed by atoms with Crippen molar-refractivity contribution < 1.29 is 14.0 Å². The molecule has 25 heavy (non-hydrogen) atoms. The van der Waals surface area contributed by atoms with E-state index in [-0.39, 0.29) is 23.1 Å². The quantitative estimate of drug-likeness (QED) is 0.765. The lowest BCUT2D eigenvalue weighted by atomic mass is 10.0. The highest BCUT2D eigenvalue weighted by Crippen LogP contribution is 2.23. The Morgan fingerprint density at radius 1 is 1.32 bits per heavy atom. The zero-order valence-electron chi connectivity index (χ0n) is 13.8. The number of benzene rings is 1. The number of ketones is 1. The highest BCUT2D eigenvalue weighted by Gasteiger charge is 2.22. The third-order valence-electron chi connectivity index (χ3n) is 4.43. The smallest absolute Gasteiger partial charge is 0.267 e. The maximum absolute atomic E-state index is 13.9. The van der Waals surface area contributed by atoms with Crippen LogP contribution >= 0.6 is 15.9 Å². The summed E-state index contributed by atoms with van der Waals surface area (Å²) in [5.74, 6) is -1.32. The van der Waals surface area contributed by atoms with Crippen molar-refractivity contribution in [2.75, 3.05) is 20.1 Å². The van der Waals surface area contributed by atoms with Crippen molar-refractivity contribution in [2.24, 2.45) is 0 Å². The van der Waals surface area contributed by atoms with Crippen LogP contribution in [0.25, 0.3) is 0 Å². The van der Waals surface area contributed by atoms with Gasteiger partial charge in [0.15, 0.2) is 5.78 Å². The van der Waals surface area contributed by atoms with E-state index in [1.54, 1.807) is 6.07 Å². The van der Waals surface area contributed by atoms with Crippen LogP contribution in [0.4, 0.5) is 4.39 Å². The molecular formula is C18H19BrFN3O2. The minimum absolute atomic E-state index is 0.0382. The zero-order valence-corrected chi connectivity index (χ0v) is 15.4. The topological polar surface area (TPSA) is 65.2 Å². The van der Waals surface area contributed by atoms with E-state index in [0.717, 1.165) is 25.9 Å². The number of hydrogen-bond donors (Lipinski definition) is 2. The van der Waals surface area contributed by atoms with Gasteiger partial charge in [-0.3, -0.25) is 9.59 Å². The molecule has 0 saturated carbocycles. The Bertz CT molecular complexity index is 777. The molecule has 1 aliphatic rings. The van der Waals surface area contributed by atoms with Crippen molar-refractivity contribution in [1.29, 1.82) is 0 Å². The number of H-pyrrole nitrogens is 1. The fourth-order valence-corrected chi connectivity index (χ4v) is 3.45. The van der Waals surface area contributed by atoms with E-state index in [4.69, 9.17) is 0 Å². The maximum Gasteiger partial charge on any atom is 0.267 e. The molecule has 2 aromatic rings. The van der Waals surface area contributed by atoms with E-state index in [1.807, 2.05) is 0 Å². The fourth-order valence-electron chi connectivity index (χ4n) is 2.93. The molecule has 5 nitrogen and oxygen atoms in total. The number of carbonyl (C=O) groups is 2. The Hall–Kier alpha value is -1.99. The molecule has 1 amide bonds. The number of nitrogens with zero attached hydrogens (tertiary/aromatic N) is 1. The van der Waals surface area contributed by atoms with Gasteiger partial charge in [-0.2, -0.15) is 0 Å². The van der Waals surface area contributed by atoms with Gasteiger partial charge < -0.3 is 15.2 Å². The van der Waals surface area contributed by atoms with Crippen molar-refractivity contribution in [2.45, 2.75) is 18.9 Å². The first kappa shape index (κ1) is 17.8. The molecule has 1 fully saturated rings. The van der Waals surface area contributed by atoms with E-state index >= 15 is 0 Å². The van der Waals surface area contributed by atoms with Crippen LogP contribution in [0.1, 0.15) is 39.3 Å². The number of aromatic nitrogens is 1. The lowest BCUT2D eigenvalue weighted by Crippen LogP contribution is -2.43. The Balaban J connectivity index is 1.71. The van der Waals surface area contributed by atoms with Gasteiger partial charge in [0.25, 0.3) is 5.91 Å². The second-order valence-electron chi connectivity index (χ2n) is 6.28. The van der Waals surface area contributed by atoms with Crippen molar-refractivity contribution in [3.05, 3.63) is 57.6 Å². The molecule has 3 rings (SSSR count). The molecule has 2 N–H and O–H groups in total. The Morgan fingerprint density at radius 3 is 2.72 bits per heavy atom. The van der Waals surface area contributed by atoms with Crippen LogP contribution in [0, 0.1) is 5.82 Å². The van der Waals surface area contributed by atoms with E-state index in [2.05, 4.69) is 38.2 Å². The molecule has 7 heteroatoms. The summed E-state index contributed by atoms with van der Waals surface area (Å²) in [6.07, 6.45) is 3.23. The van der Waals surface area contributed by atoms with Crippen LogP contribution in [0.2, 0.25) is 0 Å². The SMILES string of the molecule is CN1CCC(NC(=O)c2cc(C(=O)c3c(F)cccc3Br)c[nH]2)CC1. The molecule has 0 bridgehead atoms. The van der Waals surface area contributed by atoms with Crippen molar-refractivity contribution in [3.8, 4) is 0 Å². The number of amides is 1. The molecular weight excluding hydrogens is 389 g/mol. The van der Waals surface area contributed by atoms with Crippen molar-refractivity contribution in [1.82, 2.24) is 15.2 Å². The summed E-state index contributed by atoms with van der Waals surface area (Å²) in [4.78, 5) is 29.9. The summed E-state index contributed by atoms with van der Waals surface area (Å²) in [5, 5.41) is 2.98. The van der Waals surface area contributed by atoms with Crippen LogP contribution in [-0.2, 0) is 0 Å². The van der Waals surface area contributed by atoms with E-state index in [0.29, 0.717) is 10.2 Å². The fraction of sp³-hybridized carbons (Fsp3) is 0.333. The molecule has 1 saturated heterocycles. The van der Waals surface area contributed by atoms with Crippen LogP contribution in [0.5, 0.6) is 0 Å². The molecule has 0 radical (unpaired) electrons. The standard InChI is InChI=1S/C18H19BrFN3O2/c1-23-7-5-12(6-8-23)22-18(25)15-9-11(10-21-15)17(24)16-13(19)3-2-4-14(16)20/h2-4,9-10,12,21H,5-8H2,1H3,(H,22,25). The van der Waals surface area contributed by atoms with Gasteiger partial charge in [0.1, 0.15) is 11.5 Å². The molecule has 0 unspecified atom stereocenters. The molecule has 132 valence electrons. The summed E-state index contributed by atoms with van der Waals surface area (Å²) < 4.78 is 14.3. The van der Waals surface area contributed by atoms with Crippen LogP contribution in [-0.4, -0.2) is 47.8 Å². The van der Waals surface area contributed by atoms with Crippen molar-refractivity contribution in [3.63, 3.8) is 0 Å². The third-order valence-corrected chi connectivity index (χ3v) is 5.09. The highest BCUT2D eigenvalue weighted by atomic mass is 79.9. The molecule has 1 aromatic carbocycles. The number of piperidine rings is 1. The third kappa shape index (κ3) is 3.99. The van der Waals surface area contributed by atoms with Crippen LogP contribution in [0.15, 0.2) is 34.9 Å². The highest BCUT2D eigenvalue weighted by molar-refractivity contribution is 9.10. The van der Waals surface area contributed by atoms with Gasteiger partial charge in [-0.25, -0.2) is 4.39 Å². The average Bonchev–Trinajstić information content (AvgIpc) is 3.07. The average molecular weight is 408 g/mol. The summed E-state index contributed by atoms with van der Waals surface area (Å²) in [7, 11) is 2.06. The minimum atomic E-state index is -0.599. The largest absolute Gasteiger partial charge is 0.356 e. The van der Waals surface area contributed by atoms with Crippen LogP contribution in [0.3, 0.4) is 0 Å². The predicted octanol–water partition coefficient (Wildman–Crippen LogP) is 2.97. The first-order chi connectivity index (χ1) is 12.0. The van der Waals surface area contributed by atoms with Gasteiger partial charge >= 0.3 is 0 Å². The van der Waals surface area contributed by atoms with Crippen molar-refractivity contribution >= 4 is 27.6 Å². The van der Waals surface area contributed by atoms with Gasteiger partial charge in [-0.15, -0.1) is 0 Å². The Morgan fingerprint density at radius 2 is 2.04 bits per heavy atom. The van der Waals surface area contributed by atoms with Gasteiger partial charge in [0.05, 0.1) is 5.56 Å². The van der Waals surface area contributed by atoms with Gasteiger partial charge in [0, 0.05) is 22.3 Å². The molecule has 0 spiro atoms. The zero-order chi connectivity index (χ0) is 18.0. The summed E-state index contributed by atoms with van der Waals surface area (Å²) >= 11 is 3.20. The predicted molar refractivity (Wildman–Crippen MR) is 96.3 cm³/mol. The molecule has 2 heterocycles. The van der Waals surface area contributed by atoms with E-state index in [1.165, 1.54) is 24.4 Å². The van der Waals surface area contributed by atoms with Gasteiger partial charge in [0.2, 0.25) is 0 Å². The van der Waals surface area contributed by atoms with Crippen LogP contribution < -0.4 is 5.32 Å². The number of nitrogens with one attached hydrogen (secondary N) is 2. The number of aromatic amines is 1. The number of halogens is 2. The molecule has 0 atom stereocenters. The van der Waals surface area contributed by atoms with Gasteiger partial charge in [-0.05, 0) is 67.1 Å². The molecule has 1 aliphatic heterocycles. The molecule has 1 aromatic heterocycles. The number of hydrogen-bond acceptors (Lipinski definition) is 3. The molecule has 0 aliphatic carbocycles. The Kier molecular flexibility index (Phi) is 5.34. The first-order valence-electron chi connectivity index (χ1n) is 8.12. The summed E-state index contributed by atoms with van der Waals surface area (Å²) in [6, 6.07) is 5.96. The number of carbonyl (C=O) groups excluding carboxylic acids is 2. The summed E-state index contributed by atoms with van der Waals surface area (Å²) in [6.45, 7) is 1.89. The van der Waals surface area contributed by atoms with E-state index < -0.39 is 11.6 Å². The first-order valence-corrected chi connectivity index (χ1v) is 8.91. The lowest BCUT2D eigenvalue weighted by Gasteiger charge is -2.29. The van der Waals surface area contributed by atoms with Gasteiger partial charge in [-0.1, -0.05) is 6.07 Å². The summed E-state index contributed by atoms with van der Waals surface area (Å²) in [5.41, 5.74) is 0.512. The Labute approximate surface area is 153 Å². The maximum atomic E-state index is 13.9. The number of rotatable bonds is 4.